The summed E-state index contributed by atoms with van der Waals surface area (Å²) in [5.41, 5.74) is -4.52. The van der Waals surface area contributed by atoms with Crippen molar-refractivity contribution in [2.45, 2.75) is 179 Å². The van der Waals surface area contributed by atoms with Gasteiger partial charge in [0.2, 0.25) is 0 Å². The van der Waals surface area contributed by atoms with Gasteiger partial charge in [0.15, 0.2) is 18.3 Å². The molecule has 0 amide bonds. The van der Waals surface area contributed by atoms with Crippen molar-refractivity contribution in [2.75, 3.05) is 27.8 Å². The molecule has 0 radical (unpaired) electrons. The zero-order chi connectivity index (χ0) is 45.6. The number of carbonyl (C=O) groups is 2. The molecule has 0 aromatic heterocycles. The van der Waals surface area contributed by atoms with Crippen LogP contribution in [0.25, 0.3) is 0 Å². The number of cyclic esters (lactones) is 1. The summed E-state index contributed by atoms with van der Waals surface area (Å²) in [7, 11) is 5.23. The van der Waals surface area contributed by atoms with Gasteiger partial charge in [-0.25, -0.2) is 0 Å². The monoisotopic (exact) mass is 867 g/mol. The van der Waals surface area contributed by atoms with Gasteiger partial charge in [-0.2, -0.15) is 0 Å². The summed E-state index contributed by atoms with van der Waals surface area (Å²) in [5, 5.41) is 50.4. The van der Waals surface area contributed by atoms with Gasteiger partial charge < -0.3 is 63.3 Å². The van der Waals surface area contributed by atoms with Crippen LogP contribution in [0.4, 0.5) is 0 Å². The van der Waals surface area contributed by atoms with Gasteiger partial charge in [0.1, 0.15) is 29.7 Å². The molecule has 0 aliphatic carbocycles. The third-order valence-corrected chi connectivity index (χ3v) is 13.3. The van der Waals surface area contributed by atoms with Crippen molar-refractivity contribution in [1.29, 1.82) is 0 Å². The maximum Gasteiger partial charge on any atom is 0.311 e. The van der Waals surface area contributed by atoms with E-state index in [2.05, 4.69) is 5.16 Å². The molecule has 1 aromatic rings. The highest BCUT2D eigenvalue weighted by atomic mass is 16.7. The summed E-state index contributed by atoms with van der Waals surface area (Å²) in [4.78, 5) is 36.2. The summed E-state index contributed by atoms with van der Waals surface area (Å²) in [6.07, 6.45) is -8.13. The van der Waals surface area contributed by atoms with E-state index in [-0.39, 0.29) is 43.8 Å². The number of hydrogen-bond acceptors (Lipinski definition) is 16. The maximum atomic E-state index is 14.4. The number of para-hydroxylation sites is 1. The predicted molar refractivity (Wildman–Crippen MR) is 226 cm³/mol. The molecule has 18 atom stereocenters. The van der Waals surface area contributed by atoms with Crippen LogP contribution in [-0.4, -0.2) is 155 Å². The molecule has 1 unspecified atom stereocenters. The maximum absolute atomic E-state index is 14.4. The Morgan fingerprint density at radius 1 is 0.902 bits per heavy atom. The molecule has 3 fully saturated rings. The van der Waals surface area contributed by atoms with E-state index < -0.39 is 102 Å². The van der Waals surface area contributed by atoms with Crippen molar-refractivity contribution in [3.8, 4) is 5.75 Å². The topological polar surface area (TPSA) is 204 Å². The molecule has 61 heavy (non-hydrogen) atoms. The molecule has 3 aliphatic rings. The highest BCUT2D eigenvalue weighted by molar-refractivity contribution is 5.83. The van der Waals surface area contributed by atoms with Gasteiger partial charge in [0.25, 0.3) is 0 Å². The second-order valence-electron chi connectivity index (χ2n) is 18.4. The van der Waals surface area contributed by atoms with Crippen molar-refractivity contribution in [3.05, 3.63) is 30.3 Å². The number of hydrogen-bond donors (Lipinski definition) is 4. The quantitative estimate of drug-likeness (QED) is 0.134. The highest BCUT2D eigenvalue weighted by Crippen LogP contribution is 2.42. The molecular weight excluding hydrogens is 792 g/mol. The van der Waals surface area contributed by atoms with Crippen LogP contribution in [0.2, 0.25) is 0 Å². The number of ketones is 1. The molecular formula is C45H74N2O14. The fourth-order valence-corrected chi connectivity index (χ4v) is 9.36. The van der Waals surface area contributed by atoms with Crippen molar-refractivity contribution in [2.24, 2.45) is 28.8 Å². The largest absolute Gasteiger partial charge is 0.459 e. The summed E-state index contributed by atoms with van der Waals surface area (Å²) in [5.74, 6) is -4.37. The van der Waals surface area contributed by atoms with Gasteiger partial charge in [0, 0.05) is 37.3 Å². The van der Waals surface area contributed by atoms with E-state index in [1.807, 2.05) is 51.0 Å². The molecule has 348 valence electrons. The molecule has 0 spiro atoms. The molecule has 0 bridgehead atoms. The zero-order valence-electron chi connectivity index (χ0n) is 38.4. The number of ether oxygens (including phenoxy) is 7. The smallest absolute Gasteiger partial charge is 0.311 e. The fourth-order valence-electron chi connectivity index (χ4n) is 9.36. The predicted octanol–water partition coefficient (Wildman–Crippen LogP) is 3.87. The van der Waals surface area contributed by atoms with E-state index in [1.165, 1.54) is 27.2 Å². The average Bonchev–Trinajstić information content (AvgIpc) is 3.22. The van der Waals surface area contributed by atoms with Crippen molar-refractivity contribution >= 4 is 18.0 Å². The average molecular weight is 867 g/mol. The van der Waals surface area contributed by atoms with Crippen LogP contribution >= 0.6 is 0 Å². The van der Waals surface area contributed by atoms with Crippen LogP contribution in [0.15, 0.2) is 35.5 Å². The minimum Gasteiger partial charge on any atom is -0.459 e. The van der Waals surface area contributed by atoms with Crippen LogP contribution in [-0.2, 0) is 42.7 Å². The Morgan fingerprint density at radius 3 is 2.16 bits per heavy atom. The normalized spacial score (nSPS) is 43.5. The first-order valence-electron chi connectivity index (χ1n) is 21.7. The van der Waals surface area contributed by atoms with Crippen LogP contribution in [0.5, 0.6) is 5.75 Å². The molecule has 3 saturated heterocycles. The Balaban J connectivity index is 1.90. The number of carbonyl (C=O) groups excluding carboxylic acids is 2. The van der Waals surface area contributed by atoms with E-state index in [0.29, 0.717) is 12.2 Å². The molecule has 16 heteroatoms. The molecule has 0 saturated carbocycles. The third kappa shape index (κ3) is 11.9. The van der Waals surface area contributed by atoms with Gasteiger partial charge in [0.05, 0.1) is 60.5 Å². The van der Waals surface area contributed by atoms with Crippen LogP contribution in [0.3, 0.4) is 0 Å². The Bertz CT molecular complexity index is 1580. The number of Topliss-reactive ketones (excluding diaryl/α,β-unsaturated/α-hetero) is 1. The van der Waals surface area contributed by atoms with Crippen LogP contribution in [0.1, 0.15) is 94.9 Å². The van der Waals surface area contributed by atoms with Gasteiger partial charge in [-0.3, -0.25) is 9.59 Å². The number of benzene rings is 1. The van der Waals surface area contributed by atoms with Gasteiger partial charge in [-0.05, 0) is 87.0 Å². The third-order valence-electron chi connectivity index (χ3n) is 13.3. The lowest BCUT2D eigenvalue weighted by molar-refractivity contribution is -0.320. The lowest BCUT2D eigenvalue weighted by Crippen LogP contribution is -2.61. The number of methoxy groups -OCH3 is 1. The van der Waals surface area contributed by atoms with Gasteiger partial charge in [-0.15, -0.1) is 0 Å². The van der Waals surface area contributed by atoms with Gasteiger partial charge in [-0.1, -0.05) is 51.0 Å². The number of rotatable bonds is 12. The van der Waals surface area contributed by atoms with Crippen molar-refractivity contribution < 1.29 is 68.0 Å². The highest BCUT2D eigenvalue weighted by Gasteiger charge is 2.54. The summed E-state index contributed by atoms with van der Waals surface area (Å²) in [6.45, 7) is 16.8. The Hall–Kier alpha value is -2.61. The molecule has 4 N–H and O–H groups in total. The molecule has 16 nitrogen and oxygen atoms in total. The Morgan fingerprint density at radius 2 is 1.56 bits per heavy atom. The van der Waals surface area contributed by atoms with Gasteiger partial charge >= 0.3 is 5.97 Å². The molecule has 3 heterocycles. The fraction of sp³-hybridized carbons (Fsp3) is 0.800. The summed E-state index contributed by atoms with van der Waals surface area (Å²) in [6, 6.07) is 8.65. The van der Waals surface area contributed by atoms with E-state index in [1.54, 1.807) is 53.7 Å². The van der Waals surface area contributed by atoms with Crippen LogP contribution in [0, 0.1) is 23.7 Å². The minimum atomic E-state index is -2.02. The Kier molecular flexibility index (Phi) is 17.9. The molecule has 4 rings (SSSR count). The summed E-state index contributed by atoms with van der Waals surface area (Å²) >= 11 is 0. The minimum absolute atomic E-state index is 0.0105. The second-order valence-corrected chi connectivity index (χ2v) is 18.4. The first kappa shape index (κ1) is 51.0. The van der Waals surface area contributed by atoms with Crippen molar-refractivity contribution in [3.63, 3.8) is 0 Å². The first-order chi connectivity index (χ1) is 28.5. The second kappa shape index (κ2) is 21.4. The van der Waals surface area contributed by atoms with E-state index in [9.17, 15) is 30.0 Å². The summed E-state index contributed by atoms with van der Waals surface area (Å²) < 4.78 is 44.9. The molecule has 3 aliphatic heterocycles. The number of oxime groups is 1. The standard InChI is InChI=1S/C45H74N2O14/c1-14-33-45(10,53)38(50)27(4)35(48)25(2)23-44(9,55-21-20-46-61-31-18-16-15-17-19-31)40(60-42-36(49)32(47(11)12)22-26(3)56-42)28(5)37(29(6)41(52)58-33)59-34-24-43(8,54-13)39(51)30(7)57-34/h15-20,25-30,32-34,36-40,42,49-51,53H,14,21-24H2,1-13H3/b46-20+/t25-,26-,27-,28+,29-,30+,32+,33+,34+,36-,37+,38-,39+,40-,42+,43-,44?,45-/m1/s1. The number of aliphatic hydroxyl groups is 4. The molecule has 1 aromatic carbocycles. The SMILES string of the molecule is CC[C@@H]1OC(=O)[C@H](C)[C@@H](O[C@H]2C[C@@](C)(OC)[C@@H](O)[C@H](C)O2)[C@H](C)[C@@H](O[C@@H]2O[C@H](C)C[C@H](N(C)C)[C@H]2O)C(C)(OC/C=N/Oc2ccccc2)C[C@@H](C)C(=O)[C@@H](C)[C@@H](O)[C@]1(C)O. The zero-order valence-corrected chi connectivity index (χ0v) is 38.4. The number of nitrogens with zero attached hydrogens (tertiary/aromatic N) is 2. The Labute approximate surface area is 362 Å². The van der Waals surface area contributed by atoms with E-state index in [0.717, 1.165) is 0 Å². The van der Waals surface area contributed by atoms with E-state index in [4.69, 9.17) is 38.0 Å². The number of aliphatic hydroxyl groups excluding tert-OH is 3. The van der Waals surface area contributed by atoms with Crippen molar-refractivity contribution in [1.82, 2.24) is 4.90 Å². The van der Waals surface area contributed by atoms with Crippen LogP contribution < -0.4 is 4.84 Å². The number of esters is 1. The van der Waals surface area contributed by atoms with E-state index >= 15 is 0 Å². The number of likely N-dealkylation sites (N-methyl/N-ethyl adjacent to an activating group) is 1. The first-order valence-corrected chi connectivity index (χ1v) is 21.7. The lowest BCUT2D eigenvalue weighted by atomic mass is 9.73. The lowest BCUT2D eigenvalue weighted by Gasteiger charge is -2.50.